The predicted molar refractivity (Wildman–Crippen MR) is 84.6 cm³/mol. The maximum atomic E-state index is 5.52. The van der Waals surface area contributed by atoms with Crippen molar-refractivity contribution in [2.45, 2.75) is 38.6 Å². The quantitative estimate of drug-likeness (QED) is 0.839. The lowest BCUT2D eigenvalue weighted by Crippen LogP contribution is -2.32. The molecule has 1 saturated carbocycles. The van der Waals surface area contributed by atoms with Crippen LogP contribution in [0.4, 0.5) is 0 Å². The summed E-state index contributed by atoms with van der Waals surface area (Å²) in [5.41, 5.74) is 1.15. The van der Waals surface area contributed by atoms with Gasteiger partial charge in [-0.25, -0.2) is 0 Å². The highest BCUT2D eigenvalue weighted by atomic mass is 16.5. The van der Waals surface area contributed by atoms with E-state index >= 15 is 0 Å². The average molecular weight is 293 g/mol. The highest BCUT2D eigenvalue weighted by molar-refractivity contribution is 5.55. The van der Waals surface area contributed by atoms with E-state index in [2.05, 4.69) is 18.3 Å². The molecule has 1 aliphatic carbocycles. The monoisotopic (exact) mass is 293 g/mol. The van der Waals surface area contributed by atoms with Crippen LogP contribution >= 0.6 is 0 Å². The summed E-state index contributed by atoms with van der Waals surface area (Å²) in [6.45, 7) is 3.29. The first kappa shape index (κ1) is 16.0. The van der Waals surface area contributed by atoms with Crippen molar-refractivity contribution in [3.8, 4) is 17.2 Å². The number of ether oxygens (including phenoxy) is 3. The van der Waals surface area contributed by atoms with Crippen LogP contribution in [0.15, 0.2) is 12.1 Å². The normalized spacial score (nSPS) is 21.3. The number of methoxy groups -OCH3 is 3. The standard InChI is InChI=1S/C17H27NO3/c1-12-6-5-7-14(12)18-11-10-13-8-9-15(19-2)17(21-4)16(13)20-3/h8-9,12,14,18H,5-7,10-11H2,1-4H3/t12-,14-/m0/s1. The Balaban J connectivity index is 2.02. The highest BCUT2D eigenvalue weighted by Crippen LogP contribution is 2.39. The second kappa shape index (κ2) is 7.55. The molecule has 1 fully saturated rings. The maximum Gasteiger partial charge on any atom is 0.203 e. The fraction of sp³-hybridized carbons (Fsp3) is 0.647. The summed E-state index contributed by atoms with van der Waals surface area (Å²) in [6, 6.07) is 4.66. The van der Waals surface area contributed by atoms with Crippen LogP contribution in [0.2, 0.25) is 0 Å². The summed E-state index contributed by atoms with van der Waals surface area (Å²) in [5, 5.41) is 3.67. The minimum atomic E-state index is 0.663. The Kier molecular flexibility index (Phi) is 5.74. The van der Waals surface area contributed by atoms with E-state index in [1.165, 1.54) is 19.3 Å². The molecule has 2 rings (SSSR count). The molecule has 21 heavy (non-hydrogen) atoms. The van der Waals surface area contributed by atoms with Crippen LogP contribution in [0, 0.1) is 5.92 Å². The molecule has 0 unspecified atom stereocenters. The Morgan fingerprint density at radius 1 is 1.05 bits per heavy atom. The van der Waals surface area contributed by atoms with Crippen LogP contribution in [0.25, 0.3) is 0 Å². The molecule has 1 aliphatic rings. The van der Waals surface area contributed by atoms with Crippen LogP contribution in [0.1, 0.15) is 31.7 Å². The van der Waals surface area contributed by atoms with Crippen molar-refractivity contribution in [3.63, 3.8) is 0 Å². The second-order valence-electron chi connectivity index (χ2n) is 5.71. The van der Waals surface area contributed by atoms with E-state index in [-0.39, 0.29) is 0 Å². The van der Waals surface area contributed by atoms with Crippen LogP contribution in [-0.2, 0) is 6.42 Å². The third-order valence-corrected chi connectivity index (χ3v) is 4.45. The third-order valence-electron chi connectivity index (χ3n) is 4.45. The summed E-state index contributed by atoms with van der Waals surface area (Å²) in [7, 11) is 4.95. The van der Waals surface area contributed by atoms with E-state index in [1.807, 2.05) is 6.07 Å². The first-order chi connectivity index (χ1) is 10.2. The van der Waals surface area contributed by atoms with Gasteiger partial charge in [-0.15, -0.1) is 0 Å². The van der Waals surface area contributed by atoms with Gasteiger partial charge in [-0.1, -0.05) is 19.4 Å². The molecule has 1 aromatic rings. The van der Waals surface area contributed by atoms with Gasteiger partial charge in [-0.3, -0.25) is 0 Å². The van der Waals surface area contributed by atoms with Crippen LogP contribution in [-0.4, -0.2) is 33.9 Å². The topological polar surface area (TPSA) is 39.7 Å². The Morgan fingerprint density at radius 3 is 2.38 bits per heavy atom. The fourth-order valence-corrected chi connectivity index (χ4v) is 3.20. The van der Waals surface area contributed by atoms with Crippen molar-refractivity contribution in [1.82, 2.24) is 5.32 Å². The molecule has 0 bridgehead atoms. The average Bonchev–Trinajstić information content (AvgIpc) is 2.91. The van der Waals surface area contributed by atoms with E-state index in [4.69, 9.17) is 14.2 Å². The van der Waals surface area contributed by atoms with Crippen molar-refractivity contribution in [2.75, 3.05) is 27.9 Å². The molecular formula is C17H27NO3. The van der Waals surface area contributed by atoms with Gasteiger partial charge in [0.2, 0.25) is 5.75 Å². The molecule has 1 N–H and O–H groups in total. The number of benzene rings is 1. The number of hydrogen-bond donors (Lipinski definition) is 1. The fourth-order valence-electron chi connectivity index (χ4n) is 3.20. The number of hydrogen-bond acceptors (Lipinski definition) is 4. The Labute approximate surface area is 127 Å². The summed E-state index contributed by atoms with van der Waals surface area (Å²) in [4.78, 5) is 0. The van der Waals surface area contributed by atoms with Crippen LogP contribution < -0.4 is 19.5 Å². The van der Waals surface area contributed by atoms with Crippen LogP contribution in [0.3, 0.4) is 0 Å². The first-order valence-electron chi connectivity index (χ1n) is 7.72. The van der Waals surface area contributed by atoms with Gasteiger partial charge in [0, 0.05) is 6.04 Å². The minimum absolute atomic E-state index is 0.663. The van der Waals surface area contributed by atoms with Gasteiger partial charge < -0.3 is 19.5 Å². The van der Waals surface area contributed by atoms with Gasteiger partial charge in [0.25, 0.3) is 0 Å². The zero-order valence-electron chi connectivity index (χ0n) is 13.6. The SMILES string of the molecule is COc1ccc(CCN[C@H]2CCC[C@@H]2C)c(OC)c1OC. The van der Waals surface area contributed by atoms with Crippen molar-refractivity contribution < 1.29 is 14.2 Å². The first-order valence-corrected chi connectivity index (χ1v) is 7.72. The summed E-state index contributed by atoms with van der Waals surface area (Å²) in [5.74, 6) is 2.94. The molecule has 4 nitrogen and oxygen atoms in total. The molecule has 0 aliphatic heterocycles. The molecule has 1 aromatic carbocycles. The van der Waals surface area contributed by atoms with Crippen molar-refractivity contribution >= 4 is 0 Å². The maximum absolute atomic E-state index is 5.52. The smallest absolute Gasteiger partial charge is 0.203 e. The van der Waals surface area contributed by atoms with Crippen molar-refractivity contribution in [1.29, 1.82) is 0 Å². The Hall–Kier alpha value is -1.42. The molecule has 0 aromatic heterocycles. The number of nitrogens with one attached hydrogen (secondary N) is 1. The Morgan fingerprint density at radius 2 is 1.81 bits per heavy atom. The largest absolute Gasteiger partial charge is 0.493 e. The zero-order valence-corrected chi connectivity index (χ0v) is 13.6. The minimum Gasteiger partial charge on any atom is -0.493 e. The molecule has 0 radical (unpaired) electrons. The van der Waals surface area contributed by atoms with Gasteiger partial charge in [-0.2, -0.15) is 0 Å². The molecular weight excluding hydrogens is 266 g/mol. The summed E-state index contributed by atoms with van der Waals surface area (Å²) >= 11 is 0. The van der Waals surface area contributed by atoms with Gasteiger partial charge in [0.1, 0.15) is 0 Å². The lowest BCUT2D eigenvalue weighted by Gasteiger charge is -2.19. The molecule has 2 atom stereocenters. The van der Waals surface area contributed by atoms with Crippen molar-refractivity contribution in [2.24, 2.45) is 5.92 Å². The van der Waals surface area contributed by atoms with E-state index < -0.39 is 0 Å². The highest BCUT2D eigenvalue weighted by Gasteiger charge is 2.22. The molecule has 0 heterocycles. The third kappa shape index (κ3) is 3.62. The molecule has 0 saturated heterocycles. The van der Waals surface area contributed by atoms with Crippen LogP contribution in [0.5, 0.6) is 17.2 Å². The summed E-state index contributed by atoms with van der Waals surface area (Å²) in [6.07, 6.45) is 4.91. The molecule has 0 amide bonds. The molecule has 0 spiro atoms. The predicted octanol–water partition coefficient (Wildman–Crippen LogP) is 3.03. The number of rotatable bonds is 7. The summed E-state index contributed by atoms with van der Waals surface area (Å²) < 4.78 is 16.3. The van der Waals surface area contributed by atoms with Gasteiger partial charge >= 0.3 is 0 Å². The van der Waals surface area contributed by atoms with E-state index in [1.54, 1.807) is 21.3 Å². The van der Waals surface area contributed by atoms with Crippen molar-refractivity contribution in [3.05, 3.63) is 17.7 Å². The lowest BCUT2D eigenvalue weighted by molar-refractivity contribution is 0.321. The van der Waals surface area contributed by atoms with Gasteiger partial charge in [0.05, 0.1) is 21.3 Å². The lowest BCUT2D eigenvalue weighted by atomic mass is 10.1. The van der Waals surface area contributed by atoms with E-state index in [9.17, 15) is 0 Å². The van der Waals surface area contributed by atoms with Gasteiger partial charge in [0.15, 0.2) is 11.5 Å². The molecule has 4 heteroatoms. The Bertz CT molecular complexity index is 462. The molecule has 118 valence electrons. The van der Waals surface area contributed by atoms with E-state index in [0.29, 0.717) is 17.5 Å². The van der Waals surface area contributed by atoms with E-state index in [0.717, 1.165) is 30.2 Å². The second-order valence-corrected chi connectivity index (χ2v) is 5.71. The zero-order chi connectivity index (χ0) is 15.2. The van der Waals surface area contributed by atoms with Gasteiger partial charge in [-0.05, 0) is 43.4 Å².